The van der Waals surface area contributed by atoms with Gasteiger partial charge < -0.3 is 5.32 Å². The van der Waals surface area contributed by atoms with Gasteiger partial charge in [-0.3, -0.25) is 25.0 Å². The fourth-order valence-corrected chi connectivity index (χ4v) is 5.21. The Bertz CT molecular complexity index is 856. The van der Waals surface area contributed by atoms with Gasteiger partial charge in [0.25, 0.3) is 0 Å². The Morgan fingerprint density at radius 1 is 1.14 bits per heavy atom. The maximum atomic E-state index is 14.2. The number of nitrogens with two attached hydrogens (primary N) is 1. The summed E-state index contributed by atoms with van der Waals surface area (Å²) >= 11 is 0. The van der Waals surface area contributed by atoms with Gasteiger partial charge in [0.05, 0.1) is 23.3 Å². The summed E-state index contributed by atoms with van der Waals surface area (Å²) in [7, 11) is 0. The van der Waals surface area contributed by atoms with Gasteiger partial charge in [-0.1, -0.05) is 70.2 Å². The van der Waals surface area contributed by atoms with Crippen LogP contribution in [0.4, 0.5) is 0 Å². The smallest absolute Gasteiger partial charge is 0.248 e. The molecule has 9 heteroatoms. The minimum absolute atomic E-state index is 0. The average Bonchev–Trinajstić information content (AvgIpc) is 3.35. The number of amides is 2. The SMILES string of the molecule is CC(C)C[C@@H](C(=O)NN)[C@H](C(=O)NO)C(/C=C/c1ccccc1)(CC(C)C)C(=O)[C@@H]1CCCN1.Cl. The summed E-state index contributed by atoms with van der Waals surface area (Å²) in [5.74, 6) is 2.10. The molecule has 1 unspecified atom stereocenters. The summed E-state index contributed by atoms with van der Waals surface area (Å²) in [5, 5.41) is 13.0. The molecule has 0 aliphatic carbocycles. The molecule has 0 aromatic heterocycles. The molecule has 1 fully saturated rings. The number of rotatable bonds is 12. The zero-order valence-corrected chi connectivity index (χ0v) is 21.9. The number of Topliss-reactive ketones (excluding diaryl/α,β-unsaturated/α-hetero) is 1. The Morgan fingerprint density at radius 3 is 2.29 bits per heavy atom. The lowest BCUT2D eigenvalue weighted by Gasteiger charge is -2.42. The average molecular weight is 509 g/mol. The van der Waals surface area contributed by atoms with Crippen LogP contribution in [0, 0.1) is 29.1 Å². The summed E-state index contributed by atoms with van der Waals surface area (Å²) in [5.41, 5.74) is 3.47. The lowest BCUT2D eigenvalue weighted by molar-refractivity contribution is -0.151. The number of hydrazine groups is 1. The molecule has 0 spiro atoms. The number of benzene rings is 1. The number of hydroxylamine groups is 1. The van der Waals surface area contributed by atoms with Gasteiger partial charge in [-0.2, -0.15) is 0 Å². The lowest BCUT2D eigenvalue weighted by Crippen LogP contribution is -2.56. The normalized spacial score (nSPS) is 19.1. The zero-order valence-electron chi connectivity index (χ0n) is 21.1. The van der Waals surface area contributed by atoms with Crippen LogP contribution in [0.3, 0.4) is 0 Å². The number of allylic oxidation sites excluding steroid dienone is 1. The molecule has 0 radical (unpaired) electrons. The molecule has 0 saturated carbocycles. The molecule has 1 saturated heterocycles. The van der Waals surface area contributed by atoms with Crippen LogP contribution in [0.2, 0.25) is 0 Å². The largest absolute Gasteiger partial charge is 0.307 e. The highest BCUT2D eigenvalue weighted by Crippen LogP contribution is 2.45. The molecule has 1 heterocycles. The fraction of sp³-hybridized carbons (Fsp3) is 0.577. The summed E-state index contributed by atoms with van der Waals surface area (Å²) < 4.78 is 0. The second kappa shape index (κ2) is 14.3. The highest BCUT2D eigenvalue weighted by Gasteiger charge is 2.54. The third-order valence-corrected chi connectivity index (χ3v) is 6.51. The van der Waals surface area contributed by atoms with Crippen molar-refractivity contribution in [3.8, 4) is 0 Å². The molecular weight excluding hydrogens is 468 g/mol. The van der Waals surface area contributed by atoms with E-state index in [0.29, 0.717) is 25.8 Å². The van der Waals surface area contributed by atoms with E-state index in [4.69, 9.17) is 5.84 Å². The van der Waals surface area contributed by atoms with Crippen LogP contribution in [0.15, 0.2) is 36.4 Å². The maximum absolute atomic E-state index is 14.2. The van der Waals surface area contributed by atoms with Crippen LogP contribution < -0.4 is 22.1 Å². The highest BCUT2D eigenvalue weighted by molar-refractivity contribution is 5.99. The molecule has 2 rings (SSSR count). The van der Waals surface area contributed by atoms with Crippen LogP contribution in [0.1, 0.15) is 58.9 Å². The lowest BCUT2D eigenvalue weighted by atomic mass is 9.60. The molecule has 0 bridgehead atoms. The number of nitrogens with one attached hydrogen (secondary N) is 3. The van der Waals surface area contributed by atoms with E-state index in [1.54, 1.807) is 11.6 Å². The first-order valence-corrected chi connectivity index (χ1v) is 12.1. The maximum Gasteiger partial charge on any atom is 0.248 e. The van der Waals surface area contributed by atoms with Gasteiger partial charge in [-0.15, -0.1) is 12.4 Å². The van der Waals surface area contributed by atoms with Gasteiger partial charge in [0.15, 0.2) is 5.78 Å². The third kappa shape index (κ3) is 7.87. The predicted molar refractivity (Wildman–Crippen MR) is 139 cm³/mol. The van der Waals surface area contributed by atoms with Gasteiger partial charge in [-0.25, -0.2) is 11.3 Å². The van der Waals surface area contributed by atoms with Crippen molar-refractivity contribution >= 4 is 36.1 Å². The first-order valence-electron chi connectivity index (χ1n) is 12.1. The highest BCUT2D eigenvalue weighted by atomic mass is 35.5. The molecule has 4 atom stereocenters. The van der Waals surface area contributed by atoms with E-state index in [2.05, 4.69) is 10.7 Å². The van der Waals surface area contributed by atoms with Crippen molar-refractivity contribution in [3.63, 3.8) is 0 Å². The van der Waals surface area contributed by atoms with Crippen molar-refractivity contribution < 1.29 is 19.6 Å². The number of carbonyl (C=O) groups excluding carboxylic acids is 3. The van der Waals surface area contributed by atoms with E-state index in [0.717, 1.165) is 12.0 Å². The number of hydrogen-bond donors (Lipinski definition) is 5. The minimum atomic E-state index is -1.34. The molecule has 1 aromatic carbocycles. The van der Waals surface area contributed by atoms with E-state index in [1.165, 1.54) is 0 Å². The van der Waals surface area contributed by atoms with Gasteiger partial charge in [-0.05, 0) is 49.6 Å². The van der Waals surface area contributed by atoms with Crippen LogP contribution in [-0.2, 0) is 14.4 Å². The second-order valence-electron chi connectivity index (χ2n) is 10.1. The Labute approximate surface area is 214 Å². The molecular formula is C26H41ClN4O4. The molecule has 1 aliphatic rings. The molecule has 8 nitrogen and oxygen atoms in total. The number of carbonyl (C=O) groups is 3. The van der Waals surface area contributed by atoms with Crippen molar-refractivity contribution in [2.75, 3.05) is 6.54 Å². The van der Waals surface area contributed by atoms with Crippen molar-refractivity contribution in [2.45, 2.75) is 59.4 Å². The summed E-state index contributed by atoms with van der Waals surface area (Å²) in [6, 6.07) is 9.08. The third-order valence-electron chi connectivity index (χ3n) is 6.51. The van der Waals surface area contributed by atoms with Crippen LogP contribution in [-0.4, -0.2) is 35.4 Å². The number of halogens is 1. The van der Waals surface area contributed by atoms with Gasteiger partial charge in [0.1, 0.15) is 0 Å². The first kappa shape index (κ1) is 30.8. The number of ketones is 1. The molecule has 35 heavy (non-hydrogen) atoms. The van der Waals surface area contributed by atoms with E-state index in [-0.39, 0.29) is 30.0 Å². The monoisotopic (exact) mass is 508 g/mol. The van der Waals surface area contributed by atoms with Crippen LogP contribution >= 0.6 is 12.4 Å². The standard InChI is InChI=1S/C26H40N4O4.ClH/c1-17(2)15-20(24(32)29-27)22(25(33)30-34)26(16-18(3)4,23(31)21-11-8-14-28-21)13-12-19-9-6-5-7-10-19;/h5-7,9-10,12-13,17-18,20-22,28,34H,8,11,14-16,27H2,1-4H3,(H,29,32)(H,30,33);1H/b13-12+;/t20-,21+,22-,26?;/m1./s1. The van der Waals surface area contributed by atoms with Crippen molar-refractivity contribution in [1.82, 2.24) is 16.2 Å². The quantitative estimate of drug-likeness (QED) is 0.127. The first-order chi connectivity index (χ1) is 16.2. The topological polar surface area (TPSA) is 134 Å². The van der Waals surface area contributed by atoms with E-state index < -0.39 is 35.1 Å². The second-order valence-corrected chi connectivity index (χ2v) is 10.1. The van der Waals surface area contributed by atoms with E-state index in [1.807, 2.05) is 64.1 Å². The molecule has 1 aromatic rings. The van der Waals surface area contributed by atoms with Crippen LogP contribution in [0.25, 0.3) is 6.08 Å². The fourth-order valence-electron chi connectivity index (χ4n) is 5.21. The van der Waals surface area contributed by atoms with Crippen molar-refractivity contribution in [2.24, 2.45) is 34.9 Å². The Kier molecular flexibility index (Phi) is 12.6. The Morgan fingerprint density at radius 2 is 1.80 bits per heavy atom. The molecule has 196 valence electrons. The van der Waals surface area contributed by atoms with Gasteiger partial charge >= 0.3 is 0 Å². The van der Waals surface area contributed by atoms with Gasteiger partial charge in [0.2, 0.25) is 11.8 Å². The summed E-state index contributed by atoms with van der Waals surface area (Å²) in [6.45, 7) is 8.56. The van der Waals surface area contributed by atoms with E-state index in [9.17, 15) is 19.6 Å². The zero-order chi connectivity index (χ0) is 25.3. The number of hydrogen-bond acceptors (Lipinski definition) is 6. The van der Waals surface area contributed by atoms with Crippen LogP contribution in [0.5, 0.6) is 0 Å². The van der Waals surface area contributed by atoms with E-state index >= 15 is 0 Å². The summed E-state index contributed by atoms with van der Waals surface area (Å²) in [4.78, 5) is 40.6. The predicted octanol–water partition coefficient (Wildman–Crippen LogP) is 3.25. The van der Waals surface area contributed by atoms with Crippen molar-refractivity contribution in [1.29, 1.82) is 0 Å². The summed E-state index contributed by atoms with van der Waals surface area (Å²) in [6.07, 6.45) is 5.78. The molecule has 1 aliphatic heterocycles. The van der Waals surface area contributed by atoms with Gasteiger partial charge in [0, 0.05) is 0 Å². The van der Waals surface area contributed by atoms with Crippen molar-refractivity contribution in [3.05, 3.63) is 42.0 Å². The molecule has 6 N–H and O–H groups in total. The minimum Gasteiger partial charge on any atom is -0.307 e. The Hall–Kier alpha value is -2.26. The molecule has 2 amide bonds. The Balaban J connectivity index is 0.00000612.